The lowest BCUT2D eigenvalue weighted by atomic mass is 9.83. The summed E-state index contributed by atoms with van der Waals surface area (Å²) >= 11 is 11.7. The van der Waals surface area contributed by atoms with Crippen LogP contribution in [0.4, 0.5) is 8.78 Å². The van der Waals surface area contributed by atoms with Crippen LogP contribution >= 0.6 is 23.2 Å². The minimum absolute atomic E-state index is 0.00870. The Hall–Kier alpha value is -3.32. The minimum Gasteiger partial charge on any atom is -0.440 e. The van der Waals surface area contributed by atoms with Gasteiger partial charge in [-0.1, -0.05) is 35.3 Å². The van der Waals surface area contributed by atoms with Crippen LogP contribution in [0.3, 0.4) is 0 Å². The predicted molar refractivity (Wildman–Crippen MR) is 116 cm³/mol. The third kappa shape index (κ3) is 4.33. The maximum atomic E-state index is 13.9. The van der Waals surface area contributed by atoms with Crippen molar-refractivity contribution in [1.82, 2.24) is 0 Å². The number of hydrogen-bond donors (Lipinski definition) is 1. The summed E-state index contributed by atoms with van der Waals surface area (Å²) in [5, 5.41) is 9.77. The van der Waals surface area contributed by atoms with Gasteiger partial charge in [-0.05, 0) is 42.0 Å². The summed E-state index contributed by atoms with van der Waals surface area (Å²) in [6.45, 7) is 0. The number of nitrogens with zero attached hydrogens (tertiary/aromatic N) is 1. The average molecular weight is 509 g/mol. The van der Waals surface area contributed by atoms with Gasteiger partial charge in [0, 0.05) is 11.6 Å². The van der Waals surface area contributed by atoms with Crippen LogP contribution in [-0.2, 0) is 10.1 Å². The summed E-state index contributed by atoms with van der Waals surface area (Å²) in [4.78, 5) is -0.221. The third-order valence-electron chi connectivity index (χ3n) is 4.85. The van der Waals surface area contributed by atoms with Gasteiger partial charge in [0.1, 0.15) is 28.0 Å². The molecule has 3 aromatic rings. The molecule has 11 heteroatoms. The number of ether oxygens (including phenoxy) is 1. The van der Waals surface area contributed by atoms with E-state index in [9.17, 15) is 22.5 Å². The van der Waals surface area contributed by atoms with Gasteiger partial charge < -0.3 is 14.7 Å². The number of fused-ring (bicyclic) bond motifs is 1. The highest BCUT2D eigenvalue weighted by atomic mass is 35.5. The molecule has 0 saturated carbocycles. The Labute approximate surface area is 197 Å². The molecule has 0 saturated heterocycles. The summed E-state index contributed by atoms with van der Waals surface area (Å²) in [7, 11) is -4.27. The molecule has 0 spiro atoms. The van der Waals surface area contributed by atoms with Gasteiger partial charge in [-0.2, -0.15) is 13.7 Å². The van der Waals surface area contributed by atoms with E-state index in [1.54, 1.807) is 0 Å². The number of nitrogens with two attached hydrogens (primary N) is 1. The average Bonchev–Trinajstić information content (AvgIpc) is 2.76. The second kappa shape index (κ2) is 8.56. The molecule has 3 aromatic carbocycles. The third-order valence-corrected chi connectivity index (χ3v) is 6.84. The van der Waals surface area contributed by atoms with Crippen LogP contribution in [0.1, 0.15) is 17.0 Å². The van der Waals surface area contributed by atoms with Crippen molar-refractivity contribution in [3.63, 3.8) is 0 Å². The molecule has 0 aromatic heterocycles. The van der Waals surface area contributed by atoms with E-state index in [-0.39, 0.29) is 43.5 Å². The van der Waals surface area contributed by atoms with Crippen LogP contribution in [-0.4, -0.2) is 8.42 Å². The topological polar surface area (TPSA) is 102 Å². The van der Waals surface area contributed by atoms with E-state index in [4.69, 9.17) is 37.9 Å². The maximum absolute atomic E-state index is 13.9. The first-order valence-electron chi connectivity index (χ1n) is 9.16. The lowest BCUT2D eigenvalue weighted by Crippen LogP contribution is -2.21. The molecule has 4 rings (SSSR count). The molecule has 168 valence electrons. The van der Waals surface area contributed by atoms with E-state index < -0.39 is 27.7 Å². The highest BCUT2D eigenvalue weighted by molar-refractivity contribution is 7.87. The zero-order chi connectivity index (χ0) is 23.9. The summed E-state index contributed by atoms with van der Waals surface area (Å²) in [5.41, 5.74) is 6.51. The largest absolute Gasteiger partial charge is 0.440 e. The van der Waals surface area contributed by atoms with E-state index in [0.29, 0.717) is 5.56 Å². The Morgan fingerprint density at radius 1 is 1.00 bits per heavy atom. The van der Waals surface area contributed by atoms with Gasteiger partial charge in [0.2, 0.25) is 5.88 Å². The quantitative estimate of drug-likeness (QED) is 0.482. The molecule has 0 fully saturated rings. The van der Waals surface area contributed by atoms with Crippen molar-refractivity contribution in [2.75, 3.05) is 0 Å². The van der Waals surface area contributed by atoms with Gasteiger partial charge in [0.05, 0.1) is 16.0 Å². The monoisotopic (exact) mass is 508 g/mol. The van der Waals surface area contributed by atoms with Gasteiger partial charge in [0.25, 0.3) is 0 Å². The van der Waals surface area contributed by atoms with E-state index in [1.165, 1.54) is 36.4 Å². The van der Waals surface area contributed by atoms with Crippen LogP contribution in [0.5, 0.6) is 11.5 Å². The van der Waals surface area contributed by atoms with Crippen molar-refractivity contribution >= 4 is 33.3 Å². The van der Waals surface area contributed by atoms with Gasteiger partial charge in [-0.3, -0.25) is 0 Å². The summed E-state index contributed by atoms with van der Waals surface area (Å²) in [6, 6.07) is 12.9. The van der Waals surface area contributed by atoms with E-state index in [0.717, 1.165) is 18.2 Å². The molecule has 1 aliphatic rings. The first-order chi connectivity index (χ1) is 15.6. The molecule has 6 nitrogen and oxygen atoms in total. The molecule has 2 N–H and O–H groups in total. The van der Waals surface area contributed by atoms with Crippen molar-refractivity contribution in [1.29, 1.82) is 5.26 Å². The Morgan fingerprint density at radius 3 is 2.42 bits per heavy atom. The van der Waals surface area contributed by atoms with Gasteiger partial charge >= 0.3 is 10.1 Å². The van der Waals surface area contributed by atoms with Crippen LogP contribution < -0.4 is 14.7 Å². The standard InChI is InChI=1S/C22H12Cl2F2N2O4S/c23-16-5-3-13(9-17(16)24)33(29,30)32-12-2-4-14-20(8-12)31-22(28)15(10-27)21(14)11-1-6-18(25)19(26)7-11/h1-9,21H,28H2. The van der Waals surface area contributed by atoms with Crippen molar-refractivity contribution in [2.45, 2.75) is 10.8 Å². The van der Waals surface area contributed by atoms with Crippen LogP contribution in [0, 0.1) is 23.0 Å². The molecule has 1 atom stereocenters. The lowest BCUT2D eigenvalue weighted by Gasteiger charge is -2.26. The molecule has 0 bridgehead atoms. The number of hydrogen-bond acceptors (Lipinski definition) is 6. The smallest absolute Gasteiger partial charge is 0.339 e. The van der Waals surface area contributed by atoms with Crippen molar-refractivity contribution < 1.29 is 26.1 Å². The maximum Gasteiger partial charge on any atom is 0.339 e. The fourth-order valence-corrected chi connectivity index (χ4v) is 4.64. The Bertz CT molecular complexity index is 1470. The SMILES string of the molecule is N#CC1=C(N)Oc2cc(OS(=O)(=O)c3ccc(Cl)c(Cl)c3)ccc2C1c1ccc(F)c(F)c1. The second-order valence-electron chi connectivity index (χ2n) is 6.91. The minimum atomic E-state index is -4.27. The second-order valence-corrected chi connectivity index (χ2v) is 9.27. The summed E-state index contributed by atoms with van der Waals surface area (Å²) in [5.74, 6) is -3.29. The van der Waals surface area contributed by atoms with Crippen LogP contribution in [0.15, 0.2) is 70.9 Å². The summed E-state index contributed by atoms with van der Waals surface area (Å²) in [6.07, 6.45) is 0. The first kappa shape index (κ1) is 22.9. The number of rotatable bonds is 4. The van der Waals surface area contributed by atoms with Gasteiger partial charge in [-0.15, -0.1) is 0 Å². The normalized spacial score (nSPS) is 15.4. The highest BCUT2D eigenvalue weighted by Gasteiger charge is 2.32. The van der Waals surface area contributed by atoms with E-state index in [1.807, 2.05) is 6.07 Å². The summed E-state index contributed by atoms with van der Waals surface area (Å²) < 4.78 is 63.2. The van der Waals surface area contributed by atoms with Gasteiger partial charge in [-0.25, -0.2) is 8.78 Å². The lowest BCUT2D eigenvalue weighted by molar-refractivity contribution is 0.391. The number of halogens is 4. The van der Waals surface area contributed by atoms with Crippen LogP contribution in [0.25, 0.3) is 0 Å². The molecule has 0 aliphatic carbocycles. The molecule has 0 radical (unpaired) electrons. The Morgan fingerprint density at radius 2 is 1.76 bits per heavy atom. The first-order valence-corrected chi connectivity index (χ1v) is 11.3. The molecule has 1 heterocycles. The molecule has 0 amide bonds. The molecule has 1 aliphatic heterocycles. The Kier molecular flexibility index (Phi) is 5.93. The van der Waals surface area contributed by atoms with Gasteiger partial charge in [0.15, 0.2) is 11.6 Å². The Balaban J connectivity index is 1.74. The van der Waals surface area contributed by atoms with Crippen molar-refractivity contribution in [2.24, 2.45) is 5.73 Å². The number of allylic oxidation sites excluding steroid dienone is 1. The fourth-order valence-electron chi connectivity index (χ4n) is 3.33. The highest BCUT2D eigenvalue weighted by Crippen LogP contribution is 2.44. The molecular formula is C22H12Cl2F2N2O4S. The molecule has 1 unspecified atom stereocenters. The zero-order valence-corrected chi connectivity index (χ0v) is 18.7. The van der Waals surface area contributed by atoms with Crippen molar-refractivity contribution in [3.8, 4) is 17.6 Å². The van der Waals surface area contributed by atoms with Crippen LogP contribution in [0.2, 0.25) is 10.0 Å². The zero-order valence-electron chi connectivity index (χ0n) is 16.4. The van der Waals surface area contributed by atoms with E-state index in [2.05, 4.69) is 0 Å². The number of benzene rings is 3. The molecular weight excluding hydrogens is 497 g/mol. The number of nitriles is 1. The van der Waals surface area contributed by atoms with E-state index >= 15 is 0 Å². The fraction of sp³-hybridized carbons (Fsp3) is 0.0455. The molecule has 33 heavy (non-hydrogen) atoms. The predicted octanol–water partition coefficient (Wildman–Crippen LogP) is 5.26. The van der Waals surface area contributed by atoms with Crippen molar-refractivity contribution in [3.05, 3.63) is 98.9 Å².